The zero-order chi connectivity index (χ0) is 21.5. The van der Waals surface area contributed by atoms with Crippen molar-refractivity contribution in [3.8, 4) is 0 Å². The highest BCUT2D eigenvalue weighted by molar-refractivity contribution is 6.30. The van der Waals surface area contributed by atoms with Gasteiger partial charge in [-0.2, -0.15) is 0 Å². The van der Waals surface area contributed by atoms with E-state index in [4.69, 9.17) is 23.1 Å². The minimum atomic E-state index is -0.411. The van der Waals surface area contributed by atoms with Crippen LogP contribution in [0.1, 0.15) is 23.6 Å². The third-order valence-corrected chi connectivity index (χ3v) is 5.58. The fraction of sp³-hybridized carbons (Fsp3) is 0.333. The average molecular weight is 429 g/mol. The second kappa shape index (κ2) is 10.7. The molecule has 2 aromatic carbocycles. The summed E-state index contributed by atoms with van der Waals surface area (Å²) in [6, 6.07) is 12.6. The van der Waals surface area contributed by atoms with E-state index in [-0.39, 0.29) is 5.82 Å². The molecule has 0 bridgehead atoms. The van der Waals surface area contributed by atoms with Gasteiger partial charge in [0.05, 0.1) is 6.17 Å². The molecule has 1 aliphatic rings. The van der Waals surface area contributed by atoms with Crippen molar-refractivity contribution in [1.29, 1.82) is 0 Å². The highest BCUT2D eigenvalue weighted by atomic mass is 35.5. The lowest BCUT2D eigenvalue weighted by Gasteiger charge is -2.36. The van der Waals surface area contributed by atoms with Gasteiger partial charge in [-0.25, -0.2) is 4.39 Å². The summed E-state index contributed by atoms with van der Waals surface area (Å²) >= 11 is 6.14. The molecule has 30 heavy (non-hydrogen) atoms. The Morgan fingerprint density at radius 3 is 2.43 bits per heavy atom. The molecule has 0 amide bonds. The molecular weight excluding hydrogens is 399 g/mol. The van der Waals surface area contributed by atoms with Crippen LogP contribution in [0.3, 0.4) is 0 Å². The summed E-state index contributed by atoms with van der Waals surface area (Å²) in [5.41, 5.74) is 16.0. The molecule has 1 saturated heterocycles. The first kappa shape index (κ1) is 22.5. The van der Waals surface area contributed by atoms with Crippen LogP contribution < -0.4 is 11.5 Å². The lowest BCUT2D eigenvalue weighted by Crippen LogP contribution is -2.45. The van der Waals surface area contributed by atoms with E-state index in [0.717, 1.165) is 49.4 Å². The van der Waals surface area contributed by atoms with Crippen LogP contribution in [0.25, 0.3) is 6.08 Å². The maximum Gasteiger partial charge on any atom is 0.123 e. The van der Waals surface area contributed by atoms with Gasteiger partial charge in [0.15, 0.2) is 0 Å². The maximum atomic E-state index is 13.1. The first-order valence-electron chi connectivity index (χ1n) is 10.3. The summed E-state index contributed by atoms with van der Waals surface area (Å²) < 4.78 is 13.1. The van der Waals surface area contributed by atoms with Gasteiger partial charge in [0.1, 0.15) is 5.82 Å². The number of nitrogens with two attached hydrogens (primary N) is 2. The Morgan fingerprint density at radius 1 is 1.10 bits per heavy atom. The van der Waals surface area contributed by atoms with Crippen molar-refractivity contribution in [3.05, 3.63) is 87.8 Å². The van der Waals surface area contributed by atoms with Crippen molar-refractivity contribution >= 4 is 17.7 Å². The fourth-order valence-electron chi connectivity index (χ4n) is 3.74. The normalized spacial score (nSPS) is 16.1. The molecule has 0 spiro atoms. The number of nitrogens with zero attached hydrogens (tertiary/aromatic N) is 2. The third kappa shape index (κ3) is 6.41. The second-order valence-corrected chi connectivity index (χ2v) is 8.08. The van der Waals surface area contributed by atoms with Gasteiger partial charge in [-0.15, -0.1) is 0 Å². The summed E-state index contributed by atoms with van der Waals surface area (Å²) in [7, 11) is 0. The predicted molar refractivity (Wildman–Crippen MR) is 123 cm³/mol. The molecule has 0 saturated carbocycles. The largest absolute Gasteiger partial charge is 0.369 e. The van der Waals surface area contributed by atoms with Crippen molar-refractivity contribution < 1.29 is 4.39 Å². The minimum Gasteiger partial charge on any atom is -0.369 e. The molecule has 0 atom stereocenters. The number of hydrogen-bond acceptors (Lipinski definition) is 4. The minimum absolute atomic E-state index is 0.189. The Kier molecular flexibility index (Phi) is 8.05. The van der Waals surface area contributed by atoms with Crippen molar-refractivity contribution in [1.82, 2.24) is 9.80 Å². The van der Waals surface area contributed by atoms with Crippen molar-refractivity contribution in [2.75, 3.05) is 26.2 Å². The first-order valence-corrected chi connectivity index (χ1v) is 10.7. The molecule has 1 aliphatic heterocycles. The highest BCUT2D eigenvalue weighted by Gasteiger charge is 2.17. The molecule has 0 unspecified atom stereocenters. The van der Waals surface area contributed by atoms with E-state index in [2.05, 4.69) is 35.0 Å². The van der Waals surface area contributed by atoms with Crippen LogP contribution in [0.4, 0.5) is 4.39 Å². The smallest absolute Gasteiger partial charge is 0.123 e. The van der Waals surface area contributed by atoms with E-state index >= 15 is 0 Å². The van der Waals surface area contributed by atoms with E-state index in [0.29, 0.717) is 11.4 Å². The average Bonchev–Trinajstić information content (AvgIpc) is 2.72. The molecule has 6 heteroatoms. The van der Waals surface area contributed by atoms with E-state index in [9.17, 15) is 4.39 Å². The van der Waals surface area contributed by atoms with Crippen molar-refractivity contribution in [3.63, 3.8) is 0 Å². The molecule has 0 radical (unpaired) electrons. The Morgan fingerprint density at radius 2 is 1.80 bits per heavy atom. The van der Waals surface area contributed by atoms with Crippen molar-refractivity contribution in [2.24, 2.45) is 11.5 Å². The Bertz CT molecular complexity index is 885. The molecule has 2 aromatic rings. The van der Waals surface area contributed by atoms with Gasteiger partial charge in [-0.3, -0.25) is 4.90 Å². The summed E-state index contributed by atoms with van der Waals surface area (Å²) in [5.74, 6) is -0.189. The summed E-state index contributed by atoms with van der Waals surface area (Å²) in [5, 5.41) is 0.686. The predicted octanol–water partition coefficient (Wildman–Crippen LogP) is 4.00. The SMILES string of the molecule is C/C=C(\C=C\c1ccc(Cl)cc1CC(N)N)N1CCN(Cc2ccc(F)cc2)CC1. The van der Waals surface area contributed by atoms with Crippen molar-refractivity contribution in [2.45, 2.75) is 26.1 Å². The van der Waals surface area contributed by atoms with Crippen LogP contribution in [0.2, 0.25) is 5.02 Å². The van der Waals surface area contributed by atoms with E-state index in [1.165, 1.54) is 17.8 Å². The van der Waals surface area contributed by atoms with Crippen LogP contribution >= 0.6 is 11.6 Å². The number of allylic oxidation sites excluding steroid dienone is 2. The van der Waals surface area contributed by atoms with Crippen LogP contribution in [-0.4, -0.2) is 42.1 Å². The summed E-state index contributed by atoms with van der Waals surface area (Å²) in [6.45, 7) is 6.75. The molecule has 3 rings (SSSR count). The van der Waals surface area contributed by atoms with Gasteiger partial charge >= 0.3 is 0 Å². The monoisotopic (exact) mass is 428 g/mol. The summed E-state index contributed by atoms with van der Waals surface area (Å²) in [6.07, 6.45) is 6.55. The maximum absolute atomic E-state index is 13.1. The number of benzene rings is 2. The van der Waals surface area contributed by atoms with Gasteiger partial charge in [0.25, 0.3) is 0 Å². The Labute approximate surface area is 183 Å². The van der Waals surface area contributed by atoms with Gasteiger partial charge < -0.3 is 16.4 Å². The highest BCUT2D eigenvalue weighted by Crippen LogP contribution is 2.20. The molecule has 160 valence electrons. The second-order valence-electron chi connectivity index (χ2n) is 7.65. The topological polar surface area (TPSA) is 58.5 Å². The molecule has 4 nitrogen and oxygen atoms in total. The zero-order valence-electron chi connectivity index (χ0n) is 17.4. The number of rotatable bonds is 7. The Balaban J connectivity index is 1.60. The zero-order valence-corrected chi connectivity index (χ0v) is 18.2. The number of hydrogen-bond donors (Lipinski definition) is 2. The fourth-order valence-corrected chi connectivity index (χ4v) is 3.93. The number of piperazine rings is 1. The Hall–Kier alpha value is -2.18. The van der Waals surface area contributed by atoms with E-state index in [1.54, 1.807) is 0 Å². The molecule has 1 heterocycles. The standard InChI is InChI=1S/C24H30ClFN4/c1-2-23(10-6-19-5-7-21(25)15-20(19)16-24(27)28)30-13-11-29(12-14-30)17-18-3-8-22(26)9-4-18/h2-10,15,24H,11-14,16-17,27-28H2,1H3/b10-6+,23-2+. The van der Waals surface area contributed by atoms with Gasteiger partial charge in [-0.05, 0) is 54.0 Å². The molecule has 0 aromatic heterocycles. The number of halogens is 2. The lowest BCUT2D eigenvalue weighted by molar-refractivity contribution is 0.155. The van der Waals surface area contributed by atoms with E-state index < -0.39 is 6.17 Å². The third-order valence-electron chi connectivity index (χ3n) is 5.35. The van der Waals surface area contributed by atoms with E-state index in [1.807, 2.05) is 30.3 Å². The van der Waals surface area contributed by atoms with Crippen LogP contribution in [0.5, 0.6) is 0 Å². The molecule has 0 aliphatic carbocycles. The molecule has 4 N–H and O–H groups in total. The quantitative estimate of drug-likeness (QED) is 0.517. The van der Waals surface area contributed by atoms with Crippen LogP contribution in [-0.2, 0) is 13.0 Å². The van der Waals surface area contributed by atoms with Gasteiger partial charge in [-0.1, -0.05) is 42.0 Å². The van der Waals surface area contributed by atoms with Crippen LogP contribution in [0, 0.1) is 5.82 Å². The molecule has 1 fully saturated rings. The van der Waals surface area contributed by atoms with Crippen LogP contribution in [0.15, 0.2) is 60.3 Å². The first-order chi connectivity index (χ1) is 14.4. The molecular formula is C24H30ClFN4. The van der Waals surface area contributed by atoms with Gasteiger partial charge in [0.2, 0.25) is 0 Å². The summed E-state index contributed by atoms with van der Waals surface area (Å²) in [4.78, 5) is 4.79. The lowest BCUT2D eigenvalue weighted by atomic mass is 10.0. The van der Waals surface area contributed by atoms with Gasteiger partial charge in [0, 0.05) is 49.9 Å².